The summed E-state index contributed by atoms with van der Waals surface area (Å²) in [6, 6.07) is 0. The van der Waals surface area contributed by atoms with Crippen molar-refractivity contribution in [2.45, 2.75) is 6.10 Å². The largest absolute Gasteiger partial charge is 0.448 e. The smallest absolute Gasteiger partial charge is 0.385 e. The van der Waals surface area contributed by atoms with E-state index in [0.29, 0.717) is 0 Å². The molecular formula is C17H10O5. The molecule has 0 radical (unpaired) electrons. The van der Waals surface area contributed by atoms with E-state index in [1.165, 1.54) is 0 Å². The maximum absolute atomic E-state index is 11.2. The van der Waals surface area contributed by atoms with E-state index < -0.39 is 25.5 Å². The molecule has 22 heavy (non-hydrogen) atoms. The summed E-state index contributed by atoms with van der Waals surface area (Å²) in [4.78, 5) is 11.2. The summed E-state index contributed by atoms with van der Waals surface area (Å²) >= 11 is 0. The summed E-state index contributed by atoms with van der Waals surface area (Å²) in [5, 5.41) is 17.3. The molecule has 0 unspecified atom stereocenters. The summed E-state index contributed by atoms with van der Waals surface area (Å²) in [7, 11) is 0. The molecule has 0 rings (SSSR count). The van der Waals surface area contributed by atoms with E-state index in [9.17, 15) is 4.79 Å². The van der Waals surface area contributed by atoms with Gasteiger partial charge in [-0.3, -0.25) is 0 Å². The minimum absolute atomic E-state index is 0.140. The molecule has 0 aliphatic heterocycles. The first-order valence-electron chi connectivity index (χ1n) is 5.71. The second-order valence-electron chi connectivity index (χ2n) is 3.10. The maximum atomic E-state index is 11.2. The highest BCUT2D eigenvalue weighted by Gasteiger charge is 2.11. The summed E-state index contributed by atoms with van der Waals surface area (Å²) in [6.45, 7) is -1.13. The molecule has 0 fully saturated rings. The van der Waals surface area contributed by atoms with Crippen LogP contribution in [0, 0.1) is 71.5 Å². The van der Waals surface area contributed by atoms with E-state index in [1.54, 1.807) is 0 Å². The standard InChI is InChI=1S/C17H10O5/c1-2-3-4-5-6-7-8-9-10-11-12-17(20)22-16(13-18)14-21-15-19/h1,16,18-19H,13-15H2/t16-/m1/s1. The molecular weight excluding hydrogens is 284 g/mol. The molecule has 0 aliphatic carbocycles. The molecule has 108 valence electrons. The highest BCUT2D eigenvalue weighted by molar-refractivity contribution is 5.89. The second-order valence-corrected chi connectivity index (χ2v) is 3.10. The lowest BCUT2D eigenvalue weighted by atomic mass is 10.4. The number of hydrogen-bond acceptors (Lipinski definition) is 5. The maximum Gasteiger partial charge on any atom is 0.385 e. The van der Waals surface area contributed by atoms with Crippen LogP contribution in [0.4, 0.5) is 0 Å². The number of hydrogen-bond donors (Lipinski definition) is 2. The third-order valence-electron chi connectivity index (χ3n) is 1.61. The topological polar surface area (TPSA) is 76.0 Å². The van der Waals surface area contributed by atoms with Crippen molar-refractivity contribution < 1.29 is 24.5 Å². The first kappa shape index (κ1) is 18.7. The summed E-state index contributed by atoms with van der Waals surface area (Å²) in [5.74, 6) is 24.3. The minimum atomic E-state index is -0.902. The van der Waals surface area contributed by atoms with Gasteiger partial charge in [0.1, 0.15) is 12.9 Å². The zero-order chi connectivity index (χ0) is 16.5. The van der Waals surface area contributed by atoms with E-state index in [4.69, 9.17) is 21.4 Å². The van der Waals surface area contributed by atoms with Crippen molar-refractivity contribution in [1.82, 2.24) is 0 Å². The quantitative estimate of drug-likeness (QED) is 0.280. The van der Waals surface area contributed by atoms with Crippen LogP contribution in [0.3, 0.4) is 0 Å². The number of aliphatic hydroxyl groups is 2. The van der Waals surface area contributed by atoms with Crippen LogP contribution in [0.1, 0.15) is 0 Å². The molecule has 0 amide bonds. The number of ether oxygens (including phenoxy) is 2. The zero-order valence-electron chi connectivity index (χ0n) is 11.4. The lowest BCUT2D eigenvalue weighted by molar-refractivity contribution is -0.150. The van der Waals surface area contributed by atoms with Gasteiger partial charge >= 0.3 is 5.97 Å². The summed E-state index contributed by atoms with van der Waals surface area (Å²) in [5.41, 5.74) is 0. The van der Waals surface area contributed by atoms with E-state index in [0.717, 1.165) is 0 Å². The molecule has 2 N–H and O–H groups in total. The molecule has 0 bridgehead atoms. The Balaban J connectivity index is 4.33. The van der Waals surface area contributed by atoms with E-state index in [1.807, 2.05) is 0 Å². The predicted octanol–water partition coefficient (Wildman–Crippen LogP) is -1.49. The van der Waals surface area contributed by atoms with Crippen molar-refractivity contribution in [3.8, 4) is 71.5 Å². The number of aliphatic hydroxyl groups excluding tert-OH is 2. The number of carbonyl (C=O) groups is 1. The normalized spacial score (nSPS) is 8.23. The Labute approximate surface area is 129 Å². The molecule has 0 spiro atoms. The first-order valence-corrected chi connectivity index (χ1v) is 5.71. The average Bonchev–Trinajstić information content (AvgIpc) is 2.53. The van der Waals surface area contributed by atoms with E-state index in [2.05, 4.69) is 69.9 Å². The molecule has 1 atom stereocenters. The molecule has 0 aliphatic rings. The Kier molecular flexibility index (Phi) is 12.0. The molecule has 0 aromatic heterocycles. The van der Waals surface area contributed by atoms with Crippen molar-refractivity contribution in [2.75, 3.05) is 20.0 Å². The molecule has 5 nitrogen and oxygen atoms in total. The summed E-state index contributed by atoms with van der Waals surface area (Å²) < 4.78 is 9.31. The van der Waals surface area contributed by atoms with Gasteiger partial charge in [-0.15, -0.1) is 6.42 Å². The molecule has 0 saturated heterocycles. The molecule has 0 saturated carbocycles. The van der Waals surface area contributed by atoms with Crippen molar-refractivity contribution in [3.63, 3.8) is 0 Å². The van der Waals surface area contributed by atoms with Gasteiger partial charge in [0.2, 0.25) is 0 Å². The number of carbonyl (C=O) groups excluding carboxylic acids is 1. The van der Waals surface area contributed by atoms with Crippen LogP contribution in [0.5, 0.6) is 0 Å². The number of rotatable bonds is 5. The van der Waals surface area contributed by atoms with Crippen molar-refractivity contribution in [1.29, 1.82) is 0 Å². The highest BCUT2D eigenvalue weighted by Crippen LogP contribution is 1.92. The van der Waals surface area contributed by atoms with Gasteiger partial charge < -0.3 is 19.7 Å². The monoisotopic (exact) mass is 294 g/mol. The zero-order valence-corrected chi connectivity index (χ0v) is 11.4. The van der Waals surface area contributed by atoms with Crippen LogP contribution in [-0.2, 0) is 14.3 Å². The number of esters is 1. The van der Waals surface area contributed by atoms with Gasteiger partial charge in [-0.1, -0.05) is 0 Å². The van der Waals surface area contributed by atoms with Crippen LogP contribution in [0.25, 0.3) is 0 Å². The van der Waals surface area contributed by atoms with Gasteiger partial charge in [0.15, 0.2) is 0 Å². The summed E-state index contributed by atoms with van der Waals surface area (Å²) in [6.07, 6.45) is 3.98. The fraction of sp³-hybridized carbons (Fsp3) is 0.235. The van der Waals surface area contributed by atoms with Gasteiger partial charge in [0.05, 0.1) is 13.2 Å². The Morgan fingerprint density at radius 2 is 1.50 bits per heavy atom. The van der Waals surface area contributed by atoms with Crippen molar-refractivity contribution in [2.24, 2.45) is 0 Å². The minimum Gasteiger partial charge on any atom is -0.448 e. The van der Waals surface area contributed by atoms with Gasteiger partial charge in [-0.25, -0.2) is 4.79 Å². The Hall–Kier alpha value is -3.29. The van der Waals surface area contributed by atoms with Gasteiger partial charge in [-0.05, 0) is 59.2 Å². The molecule has 0 heterocycles. The van der Waals surface area contributed by atoms with Gasteiger partial charge in [-0.2, -0.15) is 0 Å². The lowest BCUT2D eigenvalue weighted by Crippen LogP contribution is -2.26. The SMILES string of the molecule is C#CC#CC#CC#CC#CC#CC(=O)O[C@H](CO)COCO. The van der Waals surface area contributed by atoms with Gasteiger partial charge in [0, 0.05) is 5.92 Å². The molecule has 5 heteroatoms. The molecule has 0 aromatic rings. The van der Waals surface area contributed by atoms with Crippen LogP contribution >= 0.6 is 0 Å². The first-order chi connectivity index (χ1) is 10.7. The van der Waals surface area contributed by atoms with Crippen LogP contribution < -0.4 is 0 Å². The van der Waals surface area contributed by atoms with E-state index in [-0.39, 0.29) is 6.61 Å². The number of terminal acetylenes is 1. The third kappa shape index (κ3) is 11.8. The van der Waals surface area contributed by atoms with E-state index >= 15 is 0 Å². The third-order valence-corrected chi connectivity index (χ3v) is 1.61. The lowest BCUT2D eigenvalue weighted by Gasteiger charge is -2.12. The molecule has 0 aromatic carbocycles. The Morgan fingerprint density at radius 3 is 2.00 bits per heavy atom. The average molecular weight is 294 g/mol. The fourth-order valence-corrected chi connectivity index (χ4v) is 0.826. The highest BCUT2D eigenvalue weighted by atomic mass is 16.6. The van der Waals surface area contributed by atoms with Gasteiger partial charge in [0.25, 0.3) is 0 Å². The van der Waals surface area contributed by atoms with Crippen LogP contribution in [-0.4, -0.2) is 42.3 Å². The second kappa shape index (κ2) is 14.1. The Morgan fingerprint density at radius 1 is 0.955 bits per heavy atom. The van der Waals surface area contributed by atoms with Crippen molar-refractivity contribution in [3.05, 3.63) is 0 Å². The van der Waals surface area contributed by atoms with Crippen LogP contribution in [0.2, 0.25) is 0 Å². The Bertz CT molecular complexity index is 715. The van der Waals surface area contributed by atoms with Crippen LogP contribution in [0.15, 0.2) is 0 Å². The fourth-order valence-electron chi connectivity index (χ4n) is 0.826. The predicted molar refractivity (Wildman–Crippen MR) is 77.7 cm³/mol. The van der Waals surface area contributed by atoms with Crippen molar-refractivity contribution >= 4 is 5.97 Å².